The summed E-state index contributed by atoms with van der Waals surface area (Å²) in [5.41, 5.74) is 0.888. The average Bonchev–Trinajstić information content (AvgIpc) is 2.55. The molecule has 2 N–H and O–H groups in total. The van der Waals surface area contributed by atoms with E-state index in [1.807, 2.05) is 38.2 Å². The Morgan fingerprint density at radius 1 is 1.26 bits per heavy atom. The van der Waals surface area contributed by atoms with Gasteiger partial charge in [0.1, 0.15) is 5.75 Å². The van der Waals surface area contributed by atoms with Crippen LogP contribution in [0.5, 0.6) is 5.75 Å². The summed E-state index contributed by atoms with van der Waals surface area (Å²) < 4.78 is 5.65. The highest BCUT2D eigenvalue weighted by Gasteiger charge is 2.17. The third-order valence-corrected chi connectivity index (χ3v) is 3.49. The molecule has 0 aliphatic rings. The van der Waals surface area contributed by atoms with Gasteiger partial charge in [-0.25, -0.2) is 0 Å². The fraction of sp³-hybridized carbons (Fsp3) is 0.529. The molecule has 1 atom stereocenters. The van der Waals surface area contributed by atoms with Crippen LogP contribution in [0, 0.1) is 0 Å². The summed E-state index contributed by atoms with van der Waals surface area (Å²) in [5, 5.41) is 5.97. The van der Waals surface area contributed by atoms with E-state index in [0.29, 0.717) is 18.7 Å². The first-order chi connectivity index (χ1) is 11.0. The van der Waals surface area contributed by atoms with Crippen LogP contribution < -0.4 is 15.4 Å². The predicted octanol–water partition coefficient (Wildman–Crippen LogP) is 1.33. The van der Waals surface area contributed by atoms with Crippen molar-refractivity contribution in [1.82, 2.24) is 15.5 Å². The SMILES string of the molecule is CCC(NC(=O)CCNC)c1ccccc1OCC(=O)N(C)C. The van der Waals surface area contributed by atoms with Crippen molar-refractivity contribution in [2.75, 3.05) is 34.3 Å². The molecule has 0 heterocycles. The second-order valence-electron chi connectivity index (χ2n) is 5.50. The fourth-order valence-corrected chi connectivity index (χ4v) is 2.07. The van der Waals surface area contributed by atoms with E-state index < -0.39 is 0 Å². The van der Waals surface area contributed by atoms with Crippen LogP contribution in [0.15, 0.2) is 24.3 Å². The highest BCUT2D eigenvalue weighted by Crippen LogP contribution is 2.27. The first kappa shape index (κ1) is 19.0. The lowest BCUT2D eigenvalue weighted by Gasteiger charge is -2.21. The van der Waals surface area contributed by atoms with E-state index in [-0.39, 0.29) is 24.5 Å². The minimum Gasteiger partial charge on any atom is -0.483 e. The van der Waals surface area contributed by atoms with Crippen LogP contribution in [0.2, 0.25) is 0 Å². The normalized spacial score (nSPS) is 11.7. The number of benzene rings is 1. The van der Waals surface area contributed by atoms with Gasteiger partial charge in [0.15, 0.2) is 6.61 Å². The minimum atomic E-state index is -0.134. The molecular weight excluding hydrogens is 294 g/mol. The first-order valence-electron chi connectivity index (χ1n) is 7.85. The van der Waals surface area contributed by atoms with Crippen molar-refractivity contribution < 1.29 is 14.3 Å². The molecule has 0 bridgehead atoms. The summed E-state index contributed by atoms with van der Waals surface area (Å²) in [5.74, 6) is 0.514. The Bertz CT molecular complexity index is 518. The Balaban J connectivity index is 2.79. The van der Waals surface area contributed by atoms with Gasteiger partial charge in [-0.2, -0.15) is 0 Å². The average molecular weight is 321 g/mol. The molecule has 2 amide bonds. The molecule has 0 radical (unpaired) electrons. The highest BCUT2D eigenvalue weighted by molar-refractivity contribution is 5.77. The molecule has 1 aromatic carbocycles. The number of amides is 2. The van der Waals surface area contributed by atoms with E-state index in [1.54, 1.807) is 14.1 Å². The van der Waals surface area contributed by atoms with Gasteiger partial charge in [-0.15, -0.1) is 0 Å². The number of rotatable bonds is 9. The molecular formula is C17H27N3O3. The molecule has 6 heteroatoms. The summed E-state index contributed by atoms with van der Waals surface area (Å²) in [4.78, 5) is 25.1. The van der Waals surface area contributed by atoms with Crippen molar-refractivity contribution in [2.24, 2.45) is 0 Å². The molecule has 0 saturated heterocycles. The molecule has 1 aromatic rings. The molecule has 0 saturated carbocycles. The Morgan fingerprint density at radius 2 is 1.96 bits per heavy atom. The van der Waals surface area contributed by atoms with Gasteiger partial charge in [0.25, 0.3) is 5.91 Å². The number of para-hydroxylation sites is 1. The van der Waals surface area contributed by atoms with Crippen molar-refractivity contribution in [2.45, 2.75) is 25.8 Å². The van der Waals surface area contributed by atoms with E-state index in [2.05, 4.69) is 10.6 Å². The standard InChI is InChI=1S/C17H27N3O3/c1-5-14(19-16(21)10-11-18-2)13-8-6-7-9-15(13)23-12-17(22)20(3)4/h6-9,14,18H,5,10-12H2,1-4H3,(H,19,21). The molecule has 0 aliphatic heterocycles. The largest absolute Gasteiger partial charge is 0.483 e. The summed E-state index contributed by atoms with van der Waals surface area (Å²) in [6, 6.07) is 7.36. The number of hydrogen-bond acceptors (Lipinski definition) is 4. The van der Waals surface area contributed by atoms with Crippen LogP contribution >= 0.6 is 0 Å². The van der Waals surface area contributed by atoms with Crippen molar-refractivity contribution in [1.29, 1.82) is 0 Å². The Labute approximate surface area is 138 Å². The van der Waals surface area contributed by atoms with Crippen LogP contribution in [0.25, 0.3) is 0 Å². The summed E-state index contributed by atoms with van der Waals surface area (Å²) in [7, 11) is 5.19. The van der Waals surface area contributed by atoms with E-state index >= 15 is 0 Å². The highest BCUT2D eigenvalue weighted by atomic mass is 16.5. The molecule has 23 heavy (non-hydrogen) atoms. The summed E-state index contributed by atoms with van der Waals surface area (Å²) in [6.45, 7) is 2.62. The molecule has 1 rings (SSSR count). The van der Waals surface area contributed by atoms with E-state index in [1.165, 1.54) is 4.90 Å². The number of nitrogens with zero attached hydrogens (tertiary/aromatic N) is 1. The maximum Gasteiger partial charge on any atom is 0.259 e. The van der Waals surface area contributed by atoms with Crippen molar-refractivity contribution in [3.8, 4) is 5.75 Å². The zero-order chi connectivity index (χ0) is 17.2. The zero-order valence-electron chi connectivity index (χ0n) is 14.4. The van der Waals surface area contributed by atoms with Gasteiger partial charge in [0, 0.05) is 32.6 Å². The number of carbonyl (C=O) groups excluding carboxylic acids is 2. The maximum absolute atomic E-state index is 12.0. The lowest BCUT2D eigenvalue weighted by Crippen LogP contribution is -2.31. The smallest absolute Gasteiger partial charge is 0.259 e. The minimum absolute atomic E-state index is 0.00892. The number of carbonyl (C=O) groups is 2. The van der Waals surface area contributed by atoms with Crippen LogP contribution in [-0.4, -0.2) is 51.0 Å². The second-order valence-corrected chi connectivity index (χ2v) is 5.50. The van der Waals surface area contributed by atoms with E-state index in [4.69, 9.17) is 4.74 Å². The number of nitrogens with one attached hydrogen (secondary N) is 2. The zero-order valence-corrected chi connectivity index (χ0v) is 14.4. The third-order valence-electron chi connectivity index (χ3n) is 3.49. The van der Waals surface area contributed by atoms with Gasteiger partial charge in [0.05, 0.1) is 6.04 Å². The lowest BCUT2D eigenvalue weighted by atomic mass is 10.0. The van der Waals surface area contributed by atoms with Gasteiger partial charge in [0.2, 0.25) is 5.91 Å². The topological polar surface area (TPSA) is 70.7 Å². The molecule has 6 nitrogen and oxygen atoms in total. The van der Waals surface area contributed by atoms with Gasteiger partial charge >= 0.3 is 0 Å². The van der Waals surface area contributed by atoms with Gasteiger partial charge < -0.3 is 20.3 Å². The summed E-state index contributed by atoms with van der Waals surface area (Å²) >= 11 is 0. The number of likely N-dealkylation sites (N-methyl/N-ethyl adjacent to an activating group) is 1. The maximum atomic E-state index is 12.0. The molecule has 0 spiro atoms. The van der Waals surface area contributed by atoms with Crippen LogP contribution in [0.4, 0.5) is 0 Å². The van der Waals surface area contributed by atoms with Crippen molar-refractivity contribution in [3.05, 3.63) is 29.8 Å². The molecule has 0 aliphatic carbocycles. The van der Waals surface area contributed by atoms with E-state index in [9.17, 15) is 9.59 Å². The van der Waals surface area contributed by atoms with E-state index in [0.717, 1.165) is 12.0 Å². The first-order valence-corrected chi connectivity index (χ1v) is 7.85. The Morgan fingerprint density at radius 3 is 2.57 bits per heavy atom. The van der Waals surface area contributed by atoms with Crippen molar-refractivity contribution in [3.63, 3.8) is 0 Å². The molecule has 128 valence electrons. The molecule has 1 unspecified atom stereocenters. The quantitative estimate of drug-likeness (QED) is 0.720. The summed E-state index contributed by atoms with van der Waals surface area (Å²) in [6.07, 6.45) is 1.17. The molecule has 0 aromatic heterocycles. The number of ether oxygens (including phenoxy) is 1. The van der Waals surface area contributed by atoms with Gasteiger partial charge in [-0.1, -0.05) is 25.1 Å². The van der Waals surface area contributed by atoms with Crippen LogP contribution in [-0.2, 0) is 9.59 Å². The Hall–Kier alpha value is -2.08. The van der Waals surface area contributed by atoms with Gasteiger partial charge in [-0.3, -0.25) is 9.59 Å². The second kappa shape index (κ2) is 9.84. The predicted molar refractivity (Wildman–Crippen MR) is 90.3 cm³/mol. The number of hydrogen-bond donors (Lipinski definition) is 2. The Kier molecular flexibility index (Phi) is 8.11. The van der Waals surface area contributed by atoms with Crippen LogP contribution in [0.3, 0.4) is 0 Å². The van der Waals surface area contributed by atoms with Crippen LogP contribution in [0.1, 0.15) is 31.4 Å². The molecule has 0 fully saturated rings. The lowest BCUT2D eigenvalue weighted by molar-refractivity contribution is -0.130. The monoisotopic (exact) mass is 321 g/mol. The fourth-order valence-electron chi connectivity index (χ4n) is 2.07. The van der Waals surface area contributed by atoms with Crippen molar-refractivity contribution >= 4 is 11.8 Å². The van der Waals surface area contributed by atoms with Gasteiger partial charge in [-0.05, 0) is 19.5 Å². The third kappa shape index (κ3) is 6.28.